The van der Waals surface area contributed by atoms with Gasteiger partial charge >= 0.3 is 0 Å². The highest BCUT2D eigenvalue weighted by Gasteiger charge is 2.04. The molecule has 2 N–H and O–H groups in total. The van der Waals surface area contributed by atoms with Crippen LogP contribution in [-0.4, -0.2) is 18.3 Å². The van der Waals surface area contributed by atoms with Crippen LogP contribution in [0.1, 0.15) is 18.1 Å². The van der Waals surface area contributed by atoms with E-state index in [1.807, 2.05) is 49.4 Å². The Labute approximate surface area is 137 Å². The van der Waals surface area contributed by atoms with Gasteiger partial charge in [-0.2, -0.15) is 0 Å². The monoisotopic (exact) mass is 313 g/mol. The number of rotatable bonds is 9. The molecule has 0 aromatic heterocycles. The molecule has 0 saturated heterocycles. The van der Waals surface area contributed by atoms with E-state index in [4.69, 9.17) is 9.47 Å². The van der Waals surface area contributed by atoms with E-state index in [2.05, 4.69) is 11.9 Å². The lowest BCUT2D eigenvalue weighted by molar-refractivity contribution is 0.267. The molecular weight excluding hydrogens is 290 g/mol. The fourth-order valence-corrected chi connectivity index (χ4v) is 2.17. The summed E-state index contributed by atoms with van der Waals surface area (Å²) < 4.78 is 10.9. The number of benzene rings is 2. The molecule has 2 aromatic rings. The van der Waals surface area contributed by atoms with Gasteiger partial charge in [0.05, 0.1) is 13.2 Å². The molecule has 2 rings (SSSR count). The van der Waals surface area contributed by atoms with E-state index >= 15 is 0 Å². The van der Waals surface area contributed by atoms with Crippen molar-refractivity contribution in [1.82, 2.24) is 0 Å². The molecule has 0 spiro atoms. The maximum absolute atomic E-state index is 9.43. The maximum Gasteiger partial charge on any atom is 0.124 e. The zero-order valence-electron chi connectivity index (χ0n) is 13.4. The first-order valence-corrected chi connectivity index (χ1v) is 7.70. The van der Waals surface area contributed by atoms with Gasteiger partial charge in [-0.3, -0.25) is 0 Å². The lowest BCUT2D eigenvalue weighted by Crippen LogP contribution is -2.02. The Morgan fingerprint density at radius 3 is 2.57 bits per heavy atom. The van der Waals surface area contributed by atoms with Gasteiger partial charge < -0.3 is 19.9 Å². The van der Waals surface area contributed by atoms with Crippen LogP contribution in [0.25, 0.3) is 0 Å². The second kappa shape index (κ2) is 8.86. The third-order valence-corrected chi connectivity index (χ3v) is 3.32. The van der Waals surface area contributed by atoms with Crippen LogP contribution in [0.4, 0.5) is 5.69 Å². The zero-order chi connectivity index (χ0) is 16.5. The van der Waals surface area contributed by atoms with Gasteiger partial charge in [-0.25, -0.2) is 0 Å². The molecule has 0 aliphatic rings. The molecule has 0 aliphatic carbocycles. The number of hydrogen-bond donors (Lipinski definition) is 2. The molecule has 0 amide bonds. The smallest absolute Gasteiger partial charge is 0.124 e. The average molecular weight is 313 g/mol. The Bertz CT molecular complexity index is 623. The van der Waals surface area contributed by atoms with Crippen molar-refractivity contribution in [2.45, 2.75) is 20.1 Å². The van der Waals surface area contributed by atoms with E-state index in [0.717, 1.165) is 28.3 Å². The van der Waals surface area contributed by atoms with E-state index < -0.39 is 0 Å². The number of aliphatic hydroxyl groups is 1. The first kappa shape index (κ1) is 16.9. The van der Waals surface area contributed by atoms with Crippen molar-refractivity contribution in [2.24, 2.45) is 0 Å². The third-order valence-electron chi connectivity index (χ3n) is 3.32. The lowest BCUT2D eigenvalue weighted by atomic mass is 10.1. The molecule has 23 heavy (non-hydrogen) atoms. The average Bonchev–Trinajstić information content (AvgIpc) is 2.60. The summed E-state index contributed by atoms with van der Waals surface area (Å²) in [7, 11) is 0. The summed E-state index contributed by atoms with van der Waals surface area (Å²) in [5.41, 5.74) is 2.88. The second-order valence-corrected chi connectivity index (χ2v) is 5.01. The van der Waals surface area contributed by atoms with Crippen LogP contribution >= 0.6 is 0 Å². The topological polar surface area (TPSA) is 50.7 Å². The Morgan fingerprint density at radius 2 is 1.91 bits per heavy atom. The quantitative estimate of drug-likeness (QED) is 0.692. The summed E-state index contributed by atoms with van der Waals surface area (Å²) in [6.07, 6.45) is 1.72. The summed E-state index contributed by atoms with van der Waals surface area (Å²) in [5, 5.41) is 12.8. The van der Waals surface area contributed by atoms with Gasteiger partial charge in [0.1, 0.15) is 18.1 Å². The molecular formula is C19H23NO3. The van der Waals surface area contributed by atoms with Crippen molar-refractivity contribution in [3.05, 3.63) is 66.2 Å². The molecule has 0 saturated carbocycles. The van der Waals surface area contributed by atoms with Crippen molar-refractivity contribution >= 4 is 5.69 Å². The van der Waals surface area contributed by atoms with E-state index in [0.29, 0.717) is 19.8 Å². The first-order valence-electron chi connectivity index (χ1n) is 7.70. The predicted molar refractivity (Wildman–Crippen MR) is 93.0 cm³/mol. The first-order chi connectivity index (χ1) is 11.3. The molecule has 4 nitrogen and oxygen atoms in total. The minimum Gasteiger partial charge on any atom is -0.494 e. The fourth-order valence-electron chi connectivity index (χ4n) is 2.17. The van der Waals surface area contributed by atoms with Crippen molar-refractivity contribution < 1.29 is 14.6 Å². The number of nitrogens with one attached hydrogen (secondary N) is 1. The highest BCUT2D eigenvalue weighted by molar-refractivity contribution is 5.51. The molecule has 122 valence electrons. The van der Waals surface area contributed by atoms with Crippen molar-refractivity contribution in [1.29, 1.82) is 0 Å². The van der Waals surface area contributed by atoms with Crippen LogP contribution in [0.15, 0.2) is 55.1 Å². The van der Waals surface area contributed by atoms with Crippen LogP contribution in [-0.2, 0) is 13.2 Å². The molecule has 0 fully saturated rings. The third kappa shape index (κ3) is 5.04. The number of ether oxygens (including phenoxy) is 2. The summed E-state index contributed by atoms with van der Waals surface area (Å²) in [5.74, 6) is 1.56. The highest BCUT2D eigenvalue weighted by atomic mass is 16.5. The minimum absolute atomic E-state index is 0.0415. The minimum atomic E-state index is -0.0415. The van der Waals surface area contributed by atoms with Gasteiger partial charge in [0, 0.05) is 17.8 Å². The summed E-state index contributed by atoms with van der Waals surface area (Å²) in [4.78, 5) is 0. The maximum atomic E-state index is 9.43. The van der Waals surface area contributed by atoms with Crippen LogP contribution in [0.2, 0.25) is 0 Å². The van der Waals surface area contributed by atoms with Crippen LogP contribution < -0.4 is 14.8 Å². The van der Waals surface area contributed by atoms with Gasteiger partial charge in [-0.1, -0.05) is 24.8 Å². The molecule has 4 heteroatoms. The van der Waals surface area contributed by atoms with E-state index in [1.165, 1.54) is 0 Å². The SMILES string of the molecule is C=CCOc1ccc(CNc2ccc(OCC)c(CO)c2)cc1. The Balaban J connectivity index is 1.96. The highest BCUT2D eigenvalue weighted by Crippen LogP contribution is 2.23. The molecule has 2 aromatic carbocycles. The van der Waals surface area contributed by atoms with Crippen molar-refractivity contribution in [2.75, 3.05) is 18.5 Å². The zero-order valence-corrected chi connectivity index (χ0v) is 13.4. The van der Waals surface area contributed by atoms with Crippen molar-refractivity contribution in [3.8, 4) is 11.5 Å². The molecule has 0 heterocycles. The lowest BCUT2D eigenvalue weighted by Gasteiger charge is -2.12. The number of hydrogen-bond acceptors (Lipinski definition) is 4. The summed E-state index contributed by atoms with van der Waals surface area (Å²) >= 11 is 0. The van der Waals surface area contributed by atoms with Crippen molar-refractivity contribution in [3.63, 3.8) is 0 Å². The van der Waals surface area contributed by atoms with E-state index in [1.54, 1.807) is 6.08 Å². The van der Waals surface area contributed by atoms with Crippen LogP contribution in [0, 0.1) is 0 Å². The fraction of sp³-hybridized carbons (Fsp3) is 0.263. The molecule has 0 radical (unpaired) electrons. The van der Waals surface area contributed by atoms with Gasteiger partial charge in [-0.05, 0) is 42.8 Å². The van der Waals surface area contributed by atoms with Gasteiger partial charge in [0.25, 0.3) is 0 Å². The molecule has 0 bridgehead atoms. The summed E-state index contributed by atoms with van der Waals surface area (Å²) in [6.45, 7) is 7.30. The Kier molecular flexibility index (Phi) is 6.51. The van der Waals surface area contributed by atoms with Crippen LogP contribution in [0.3, 0.4) is 0 Å². The van der Waals surface area contributed by atoms with Gasteiger partial charge in [0.2, 0.25) is 0 Å². The Morgan fingerprint density at radius 1 is 1.13 bits per heavy atom. The normalized spacial score (nSPS) is 10.2. The molecule has 0 aliphatic heterocycles. The second-order valence-electron chi connectivity index (χ2n) is 5.01. The Hall–Kier alpha value is -2.46. The van der Waals surface area contributed by atoms with Gasteiger partial charge in [0.15, 0.2) is 0 Å². The van der Waals surface area contributed by atoms with Crippen LogP contribution in [0.5, 0.6) is 11.5 Å². The molecule has 0 unspecified atom stereocenters. The number of aliphatic hydroxyl groups excluding tert-OH is 1. The van der Waals surface area contributed by atoms with E-state index in [-0.39, 0.29) is 6.61 Å². The predicted octanol–water partition coefficient (Wildman–Crippen LogP) is 3.75. The largest absolute Gasteiger partial charge is 0.494 e. The standard InChI is InChI=1S/C19H23NO3/c1-3-11-23-18-8-5-15(6-9-18)13-20-17-7-10-19(22-4-2)16(12-17)14-21/h3,5-10,12,20-21H,1,4,11,13-14H2,2H3. The summed E-state index contributed by atoms with van der Waals surface area (Å²) in [6, 6.07) is 13.7. The van der Waals surface area contributed by atoms with Gasteiger partial charge in [-0.15, -0.1) is 0 Å². The van der Waals surface area contributed by atoms with E-state index in [9.17, 15) is 5.11 Å². The number of anilines is 1. The molecule has 0 atom stereocenters.